The molecule has 1 N–H and O–H groups in total. The Morgan fingerprint density at radius 3 is 1.12 bits per heavy atom. The Morgan fingerprint density at radius 1 is 1.12 bits per heavy atom. The van der Waals surface area contributed by atoms with Gasteiger partial charge in [0.15, 0.2) is 0 Å². The molecule has 0 heterocycles. The fraction of sp³-hybridized carbons (Fsp3) is 0. The molecule has 0 spiro atoms. The van der Waals surface area contributed by atoms with Crippen molar-refractivity contribution in [1.29, 1.82) is 0 Å². The lowest BCUT2D eigenvalue weighted by molar-refractivity contribution is 0.621. The molecule has 3 nitrogen and oxygen atoms in total. The molecule has 0 unspecified atom stereocenters. The van der Waals surface area contributed by atoms with Crippen LogP contribution in [0, 0.1) is 0 Å². The molecule has 8 heteroatoms. The molecule has 0 bridgehead atoms. The Balaban J connectivity index is 0. The van der Waals surface area contributed by atoms with E-state index in [1.807, 2.05) is 0 Å². The smallest absolute Gasteiger partial charge is 0.195 e. The summed E-state index contributed by atoms with van der Waals surface area (Å²) in [5, 5.41) is 0. The maximum atomic E-state index is 9.16. The van der Waals surface area contributed by atoms with E-state index in [0.29, 0.717) is 0 Å². The minimum absolute atomic E-state index is 1.69. The van der Waals surface area contributed by atoms with Crippen LogP contribution >= 0.6 is 44.9 Å². The molecular weight excluding hydrogens is 220 g/mol. The SMILES string of the molecule is ClNCl.O=S(=O)(Cl)Cl. The molecule has 0 fully saturated rings. The molecule has 0 aromatic rings. The summed E-state index contributed by atoms with van der Waals surface area (Å²) in [5.74, 6) is 0. The highest BCUT2D eigenvalue weighted by Crippen LogP contribution is 1.98. The van der Waals surface area contributed by atoms with Crippen molar-refractivity contribution in [2.45, 2.75) is 0 Å². The molecule has 8 heavy (non-hydrogen) atoms. The van der Waals surface area contributed by atoms with Crippen LogP contribution in [0.4, 0.5) is 0 Å². The van der Waals surface area contributed by atoms with Crippen LogP contribution < -0.4 is 4.35 Å². The second kappa shape index (κ2) is 6.19. The lowest BCUT2D eigenvalue weighted by atomic mass is 13.9. The van der Waals surface area contributed by atoms with Gasteiger partial charge < -0.3 is 0 Å². The van der Waals surface area contributed by atoms with Crippen molar-refractivity contribution < 1.29 is 8.42 Å². The Morgan fingerprint density at radius 2 is 1.12 bits per heavy atom. The second-order valence-corrected chi connectivity index (χ2v) is 4.69. The highest BCUT2D eigenvalue weighted by Gasteiger charge is 1.88. The van der Waals surface area contributed by atoms with Crippen LogP contribution in [-0.4, -0.2) is 8.42 Å². The molecule has 0 aromatic carbocycles. The maximum Gasteiger partial charge on any atom is 0.317 e. The van der Waals surface area contributed by atoms with Gasteiger partial charge in [-0.1, -0.05) is 0 Å². The van der Waals surface area contributed by atoms with Gasteiger partial charge in [0.05, 0.1) is 0 Å². The maximum absolute atomic E-state index is 9.16. The highest BCUT2D eigenvalue weighted by molar-refractivity contribution is 8.31. The summed E-state index contributed by atoms with van der Waals surface area (Å²) in [6, 6.07) is 0. The predicted octanol–water partition coefficient (Wildman–Crippen LogP) is 1.59. The Hall–Kier alpha value is 1.07. The van der Waals surface area contributed by atoms with Gasteiger partial charge in [0.2, 0.25) is 0 Å². The van der Waals surface area contributed by atoms with Crippen molar-refractivity contribution >= 4 is 53.2 Å². The fourth-order valence-corrected chi connectivity index (χ4v) is 0. The number of hydrogen-bond acceptors (Lipinski definition) is 3. The standard InChI is InChI=1S/Cl2HN.Cl2O2S/c1-3-2;1-5(2,3)4/h3H;. The summed E-state index contributed by atoms with van der Waals surface area (Å²) in [4.78, 5) is 0. The van der Waals surface area contributed by atoms with Crippen LogP contribution in [0.25, 0.3) is 0 Å². The predicted molar refractivity (Wildman–Crippen MR) is 35.5 cm³/mol. The van der Waals surface area contributed by atoms with Crippen molar-refractivity contribution in [3.63, 3.8) is 0 Å². The monoisotopic (exact) mass is 219 g/mol. The molecular formula is HCl4NO2S. The van der Waals surface area contributed by atoms with Crippen molar-refractivity contribution in [3.8, 4) is 0 Å². The zero-order valence-corrected chi connectivity index (χ0v) is 7.08. The summed E-state index contributed by atoms with van der Waals surface area (Å²) in [5.41, 5.74) is 0. The van der Waals surface area contributed by atoms with Gasteiger partial charge in [0.25, 0.3) is 0 Å². The number of halogens is 4. The molecule has 0 rings (SSSR count). The van der Waals surface area contributed by atoms with Gasteiger partial charge in [0, 0.05) is 21.4 Å². The van der Waals surface area contributed by atoms with Gasteiger partial charge >= 0.3 is 8.26 Å². The first-order valence-corrected chi connectivity index (χ1v) is 4.91. The quantitative estimate of drug-likeness (QED) is 0.499. The minimum atomic E-state index is -3.72. The molecule has 0 saturated carbocycles. The summed E-state index contributed by atoms with van der Waals surface area (Å²) in [7, 11) is 4.81. The van der Waals surface area contributed by atoms with Crippen LogP contribution in [0.1, 0.15) is 0 Å². The van der Waals surface area contributed by atoms with Crippen molar-refractivity contribution in [1.82, 2.24) is 4.35 Å². The van der Waals surface area contributed by atoms with Crippen molar-refractivity contribution in [2.75, 3.05) is 0 Å². The largest absolute Gasteiger partial charge is 0.317 e. The Labute approximate surface area is 66.0 Å². The number of hydrogen-bond donors (Lipinski definition) is 1. The topological polar surface area (TPSA) is 46.2 Å². The van der Waals surface area contributed by atoms with E-state index < -0.39 is 8.26 Å². The Kier molecular flexibility index (Phi) is 9.15. The van der Waals surface area contributed by atoms with E-state index in [1.54, 1.807) is 4.35 Å². The first-order chi connectivity index (χ1) is 3.41. The summed E-state index contributed by atoms with van der Waals surface area (Å²) >= 11 is 9.03. The first-order valence-electron chi connectivity index (χ1n) is 1.02. The Bertz CT molecular complexity index is 108. The molecule has 0 amide bonds. The molecule has 0 aliphatic rings. The second-order valence-electron chi connectivity index (χ2n) is 0.450. The summed E-state index contributed by atoms with van der Waals surface area (Å²) < 4.78 is 20.0. The molecule has 52 valence electrons. The number of nitrogens with one attached hydrogen (secondary N) is 1. The third kappa shape index (κ3) is 228. The molecule has 0 aliphatic heterocycles. The van der Waals surface area contributed by atoms with Crippen molar-refractivity contribution in [2.24, 2.45) is 0 Å². The van der Waals surface area contributed by atoms with Gasteiger partial charge in [-0.3, -0.25) is 0 Å². The molecule has 0 radical (unpaired) electrons. The van der Waals surface area contributed by atoms with E-state index in [1.165, 1.54) is 0 Å². The zero-order valence-electron chi connectivity index (χ0n) is 3.24. The van der Waals surface area contributed by atoms with Crippen LogP contribution in [0.2, 0.25) is 0 Å². The van der Waals surface area contributed by atoms with Gasteiger partial charge in [0.1, 0.15) is 0 Å². The van der Waals surface area contributed by atoms with E-state index in [2.05, 4.69) is 44.9 Å². The zero-order chi connectivity index (χ0) is 7.21. The van der Waals surface area contributed by atoms with Crippen LogP contribution in [0.5, 0.6) is 0 Å². The van der Waals surface area contributed by atoms with Crippen LogP contribution in [0.3, 0.4) is 0 Å². The van der Waals surface area contributed by atoms with Crippen molar-refractivity contribution in [3.05, 3.63) is 0 Å². The third-order valence-electron chi connectivity index (χ3n) is 0. The summed E-state index contributed by atoms with van der Waals surface area (Å²) in [6.07, 6.45) is 0. The van der Waals surface area contributed by atoms with Crippen LogP contribution in [-0.2, 0) is 8.26 Å². The fourth-order valence-electron chi connectivity index (χ4n) is 0. The van der Waals surface area contributed by atoms with Gasteiger partial charge in [-0.2, -0.15) is 8.42 Å². The van der Waals surface area contributed by atoms with Gasteiger partial charge in [-0.05, 0) is 23.6 Å². The number of rotatable bonds is 0. The van der Waals surface area contributed by atoms with E-state index in [0.717, 1.165) is 0 Å². The highest BCUT2D eigenvalue weighted by atomic mass is 36.0. The van der Waals surface area contributed by atoms with Gasteiger partial charge in [-0.25, -0.2) is 0 Å². The minimum Gasteiger partial charge on any atom is -0.195 e. The lowest BCUT2D eigenvalue weighted by Gasteiger charge is -1.61. The normalized spacial score (nSPS) is 9.50. The summed E-state index contributed by atoms with van der Waals surface area (Å²) in [6.45, 7) is 0. The molecule has 0 atom stereocenters. The van der Waals surface area contributed by atoms with Crippen LogP contribution in [0.15, 0.2) is 0 Å². The van der Waals surface area contributed by atoms with E-state index >= 15 is 0 Å². The van der Waals surface area contributed by atoms with E-state index in [-0.39, 0.29) is 0 Å². The van der Waals surface area contributed by atoms with E-state index in [4.69, 9.17) is 8.42 Å². The average Bonchev–Trinajstić information content (AvgIpc) is 1.27. The molecule has 0 aliphatic carbocycles. The first kappa shape index (κ1) is 11.8. The third-order valence-corrected chi connectivity index (χ3v) is 0. The van der Waals surface area contributed by atoms with E-state index in [9.17, 15) is 0 Å². The molecule has 0 aromatic heterocycles. The lowest BCUT2D eigenvalue weighted by Crippen LogP contribution is -1.63. The van der Waals surface area contributed by atoms with Gasteiger partial charge in [-0.15, -0.1) is 4.35 Å². The average molecular weight is 221 g/mol. The molecule has 0 saturated heterocycles.